The predicted molar refractivity (Wildman–Crippen MR) is 76.0 cm³/mol. The fourth-order valence-electron chi connectivity index (χ4n) is 1.64. The van der Waals surface area contributed by atoms with Gasteiger partial charge in [-0.1, -0.05) is 43.7 Å². The third-order valence-corrected chi connectivity index (χ3v) is 3.01. The number of hydrogen-bond acceptors (Lipinski definition) is 5. The van der Waals surface area contributed by atoms with Crippen molar-refractivity contribution in [2.75, 3.05) is 13.2 Å². The monoisotopic (exact) mass is 285 g/mol. The number of aliphatic hydroxyl groups excluding tert-OH is 3. The van der Waals surface area contributed by atoms with Crippen LogP contribution in [0.1, 0.15) is 37.5 Å². The largest absolute Gasteiger partial charge is 0.389 e. The van der Waals surface area contributed by atoms with Gasteiger partial charge in [-0.25, -0.2) is 0 Å². The van der Waals surface area contributed by atoms with E-state index in [1.165, 1.54) is 0 Å². The molecule has 1 rings (SSSR count). The average molecular weight is 285 g/mol. The Morgan fingerprint density at radius 1 is 1.20 bits per heavy atom. The van der Waals surface area contributed by atoms with E-state index in [1.54, 1.807) is 24.3 Å². The summed E-state index contributed by atoms with van der Waals surface area (Å²) in [7, 11) is 0. The van der Waals surface area contributed by atoms with Gasteiger partial charge in [0.2, 0.25) is 0 Å². The zero-order valence-electron chi connectivity index (χ0n) is 12.1. The van der Waals surface area contributed by atoms with E-state index in [0.717, 1.165) is 5.56 Å². The number of hydrogen-bond donors (Lipinski definition) is 3. The number of benzene rings is 1. The quantitative estimate of drug-likeness (QED) is 0.542. The Morgan fingerprint density at radius 2 is 1.65 bits per heavy atom. The van der Waals surface area contributed by atoms with Crippen LogP contribution in [-0.4, -0.2) is 39.0 Å². The van der Waals surface area contributed by atoms with Crippen LogP contribution in [-0.2, 0) is 0 Å². The van der Waals surface area contributed by atoms with Gasteiger partial charge in [-0.15, -0.1) is 0 Å². The maximum Gasteiger partial charge on any atom is 0.270 e. The van der Waals surface area contributed by atoms with E-state index in [2.05, 4.69) is 0 Å². The second kappa shape index (κ2) is 8.63. The summed E-state index contributed by atoms with van der Waals surface area (Å²) in [5, 5.41) is 39.0. The van der Waals surface area contributed by atoms with E-state index < -0.39 is 29.8 Å². The van der Waals surface area contributed by atoms with Crippen molar-refractivity contribution in [3.8, 4) is 0 Å². The summed E-state index contributed by atoms with van der Waals surface area (Å²) in [6.07, 6.45) is -1.44. The van der Waals surface area contributed by atoms with Gasteiger partial charge in [0.1, 0.15) is 13.2 Å². The van der Waals surface area contributed by atoms with Crippen LogP contribution in [0.15, 0.2) is 24.3 Å². The molecule has 0 spiro atoms. The van der Waals surface area contributed by atoms with E-state index in [0.29, 0.717) is 5.56 Å². The molecule has 3 N–H and O–H groups in total. The van der Waals surface area contributed by atoms with Gasteiger partial charge >= 0.3 is 0 Å². The number of aliphatic hydroxyl groups is 3. The normalized spacial score (nSPS) is 12.3. The number of rotatable bonds is 6. The Labute approximate surface area is 118 Å². The van der Waals surface area contributed by atoms with Crippen LogP contribution in [0.4, 0.5) is 0 Å². The summed E-state index contributed by atoms with van der Waals surface area (Å²) in [6, 6.07) is 6.90. The van der Waals surface area contributed by atoms with E-state index in [-0.39, 0.29) is 6.42 Å². The van der Waals surface area contributed by atoms with Crippen molar-refractivity contribution >= 4 is 0 Å². The summed E-state index contributed by atoms with van der Waals surface area (Å²) in [5.41, 5.74) is -0.380. The molecule has 0 saturated heterocycles. The first-order chi connectivity index (χ1) is 9.45. The van der Waals surface area contributed by atoms with Crippen molar-refractivity contribution in [2.24, 2.45) is 0 Å². The van der Waals surface area contributed by atoms with Crippen LogP contribution in [0.2, 0.25) is 0 Å². The number of aryl methyl sites for hydroxylation is 1. The first-order valence-electron chi connectivity index (χ1n) is 6.56. The van der Waals surface area contributed by atoms with Crippen molar-refractivity contribution in [3.05, 3.63) is 45.5 Å². The van der Waals surface area contributed by atoms with Crippen LogP contribution in [0, 0.1) is 17.0 Å². The summed E-state index contributed by atoms with van der Waals surface area (Å²) < 4.78 is 0. The highest BCUT2D eigenvalue weighted by Crippen LogP contribution is 2.26. The minimum Gasteiger partial charge on any atom is -0.389 e. The van der Waals surface area contributed by atoms with Crippen LogP contribution in [0.3, 0.4) is 0 Å². The van der Waals surface area contributed by atoms with Crippen molar-refractivity contribution < 1.29 is 20.2 Å². The van der Waals surface area contributed by atoms with E-state index in [4.69, 9.17) is 10.2 Å². The molecule has 6 nitrogen and oxygen atoms in total. The SMILES string of the molecule is CC.Cc1ccc(C(O)CC(CO)(CO)[N+](=O)[O-])cc1. The summed E-state index contributed by atoms with van der Waals surface area (Å²) in [6.45, 7) is 4.25. The summed E-state index contributed by atoms with van der Waals surface area (Å²) >= 11 is 0. The van der Waals surface area contributed by atoms with Crippen LogP contribution >= 0.6 is 0 Å². The van der Waals surface area contributed by atoms with Gasteiger partial charge in [-0.3, -0.25) is 10.1 Å². The number of nitro groups is 1. The molecule has 1 aromatic rings. The topological polar surface area (TPSA) is 104 Å². The summed E-state index contributed by atoms with van der Waals surface area (Å²) in [4.78, 5) is 10.1. The zero-order chi connectivity index (χ0) is 15.8. The average Bonchev–Trinajstić information content (AvgIpc) is 2.47. The second-order valence-corrected chi connectivity index (χ2v) is 4.43. The third-order valence-electron chi connectivity index (χ3n) is 3.01. The minimum absolute atomic E-state index is 0.337. The fraction of sp³-hybridized carbons (Fsp3) is 0.571. The molecule has 20 heavy (non-hydrogen) atoms. The lowest BCUT2D eigenvalue weighted by atomic mass is 9.91. The molecule has 0 heterocycles. The van der Waals surface area contributed by atoms with Gasteiger partial charge in [-0.05, 0) is 12.5 Å². The highest BCUT2D eigenvalue weighted by molar-refractivity contribution is 5.23. The van der Waals surface area contributed by atoms with Crippen molar-refractivity contribution in [2.45, 2.75) is 38.8 Å². The molecule has 6 heteroatoms. The predicted octanol–water partition coefficient (Wildman–Crippen LogP) is 1.44. The Morgan fingerprint density at radius 3 is 2.00 bits per heavy atom. The molecule has 0 radical (unpaired) electrons. The molecule has 114 valence electrons. The van der Waals surface area contributed by atoms with Crippen LogP contribution in [0.5, 0.6) is 0 Å². The number of nitrogens with zero attached hydrogens (tertiary/aromatic N) is 1. The Hall–Kier alpha value is -1.50. The molecule has 1 aromatic carbocycles. The molecule has 0 saturated carbocycles. The van der Waals surface area contributed by atoms with Gasteiger partial charge in [-0.2, -0.15) is 0 Å². The second-order valence-electron chi connectivity index (χ2n) is 4.43. The molecular weight excluding hydrogens is 262 g/mol. The van der Waals surface area contributed by atoms with E-state index in [9.17, 15) is 15.2 Å². The first kappa shape index (κ1) is 18.5. The first-order valence-corrected chi connectivity index (χ1v) is 6.56. The molecule has 1 unspecified atom stereocenters. The smallest absolute Gasteiger partial charge is 0.270 e. The maximum atomic E-state index is 10.9. The highest BCUT2D eigenvalue weighted by Gasteiger charge is 2.44. The third kappa shape index (κ3) is 4.56. The molecule has 0 aliphatic rings. The summed E-state index contributed by atoms with van der Waals surface area (Å²) in [5.74, 6) is 0. The lowest BCUT2D eigenvalue weighted by Crippen LogP contribution is -2.47. The fourth-order valence-corrected chi connectivity index (χ4v) is 1.64. The van der Waals surface area contributed by atoms with Crippen molar-refractivity contribution in [1.82, 2.24) is 0 Å². The van der Waals surface area contributed by atoms with E-state index in [1.807, 2.05) is 20.8 Å². The van der Waals surface area contributed by atoms with Crippen LogP contribution < -0.4 is 0 Å². The standard InChI is InChI=1S/C12H17NO5.C2H6/c1-9-2-4-10(5-3-9)11(16)6-12(7-14,8-15)13(17)18;1-2/h2-5,11,14-16H,6-8H2,1H3;1-2H3. The lowest BCUT2D eigenvalue weighted by molar-refractivity contribution is -0.580. The molecular formula is C14H23NO5. The zero-order valence-corrected chi connectivity index (χ0v) is 12.1. The van der Waals surface area contributed by atoms with Crippen molar-refractivity contribution in [1.29, 1.82) is 0 Å². The van der Waals surface area contributed by atoms with Crippen LogP contribution in [0.25, 0.3) is 0 Å². The highest BCUT2D eigenvalue weighted by atomic mass is 16.6. The van der Waals surface area contributed by atoms with Crippen molar-refractivity contribution in [3.63, 3.8) is 0 Å². The maximum absolute atomic E-state index is 10.9. The van der Waals surface area contributed by atoms with Gasteiger partial charge in [0.15, 0.2) is 0 Å². The van der Waals surface area contributed by atoms with Gasteiger partial charge in [0.25, 0.3) is 5.54 Å². The van der Waals surface area contributed by atoms with Gasteiger partial charge in [0.05, 0.1) is 12.5 Å². The molecule has 0 amide bonds. The molecule has 1 atom stereocenters. The minimum atomic E-state index is -1.91. The Balaban J connectivity index is 0.00000172. The molecule has 0 bridgehead atoms. The Kier molecular flexibility index (Phi) is 7.98. The molecule has 0 aliphatic heterocycles. The lowest BCUT2D eigenvalue weighted by Gasteiger charge is -2.23. The van der Waals surface area contributed by atoms with E-state index >= 15 is 0 Å². The molecule has 0 aliphatic carbocycles. The molecule has 0 fully saturated rings. The Bertz CT molecular complexity index is 401. The van der Waals surface area contributed by atoms with Gasteiger partial charge < -0.3 is 15.3 Å². The molecule has 0 aromatic heterocycles. The van der Waals surface area contributed by atoms with Gasteiger partial charge in [0, 0.05) is 4.92 Å².